The molecular formula is C20H19N5O2S. The molecule has 0 amide bonds. The number of rotatable bonds is 7. The fourth-order valence-electron chi connectivity index (χ4n) is 2.70. The highest BCUT2D eigenvalue weighted by molar-refractivity contribution is 7.98. The molecule has 0 bridgehead atoms. The number of ether oxygens (including phenoxy) is 1. The molecule has 0 saturated heterocycles. The molecule has 0 spiro atoms. The zero-order valence-electron chi connectivity index (χ0n) is 15.6. The first-order valence-corrected chi connectivity index (χ1v) is 9.75. The smallest absolute Gasteiger partial charge is 0.247 e. The van der Waals surface area contributed by atoms with E-state index in [1.165, 1.54) is 17.3 Å². The van der Waals surface area contributed by atoms with Crippen molar-refractivity contribution in [3.05, 3.63) is 71.9 Å². The monoisotopic (exact) mass is 393 g/mol. The lowest BCUT2D eigenvalue weighted by molar-refractivity contribution is 0.415. The number of benzene rings is 2. The van der Waals surface area contributed by atoms with Crippen LogP contribution in [-0.4, -0.2) is 32.1 Å². The molecule has 0 saturated carbocycles. The number of aromatic nitrogens is 5. The minimum Gasteiger partial charge on any atom is -0.497 e. The summed E-state index contributed by atoms with van der Waals surface area (Å²) >= 11 is 1.53. The maximum absolute atomic E-state index is 5.79. The lowest BCUT2D eigenvalue weighted by Crippen LogP contribution is -2.03. The fraction of sp³-hybridized carbons (Fsp3) is 0.200. The van der Waals surface area contributed by atoms with Crippen LogP contribution in [0.25, 0.3) is 11.5 Å². The Kier molecular flexibility index (Phi) is 5.38. The van der Waals surface area contributed by atoms with Crippen molar-refractivity contribution in [2.24, 2.45) is 0 Å². The predicted octanol–water partition coefficient (Wildman–Crippen LogP) is 3.99. The summed E-state index contributed by atoms with van der Waals surface area (Å²) in [5, 5.41) is 17.6. The van der Waals surface area contributed by atoms with Crippen molar-refractivity contribution in [3.8, 4) is 17.2 Å². The third kappa shape index (κ3) is 4.07. The summed E-state index contributed by atoms with van der Waals surface area (Å²) < 4.78 is 13.0. The fourth-order valence-corrected chi connectivity index (χ4v) is 3.53. The summed E-state index contributed by atoms with van der Waals surface area (Å²) in [4.78, 5) is 0. The van der Waals surface area contributed by atoms with Gasteiger partial charge in [-0.1, -0.05) is 42.1 Å². The Morgan fingerprint density at radius 1 is 0.964 bits per heavy atom. The van der Waals surface area contributed by atoms with Gasteiger partial charge in [-0.25, -0.2) is 0 Å². The van der Waals surface area contributed by atoms with Crippen molar-refractivity contribution in [1.82, 2.24) is 25.0 Å². The Labute approximate surface area is 166 Å². The molecule has 0 atom stereocenters. The first-order valence-electron chi connectivity index (χ1n) is 8.76. The molecule has 2 heterocycles. The molecule has 28 heavy (non-hydrogen) atoms. The number of nitrogens with zero attached hydrogens (tertiary/aromatic N) is 5. The second-order valence-corrected chi connectivity index (χ2v) is 7.06. The van der Waals surface area contributed by atoms with Crippen LogP contribution in [0.4, 0.5) is 0 Å². The Morgan fingerprint density at radius 2 is 1.75 bits per heavy atom. The molecule has 0 aliphatic carbocycles. The van der Waals surface area contributed by atoms with Crippen molar-refractivity contribution in [2.45, 2.75) is 24.4 Å². The largest absolute Gasteiger partial charge is 0.497 e. The van der Waals surface area contributed by atoms with Crippen LogP contribution < -0.4 is 4.74 Å². The Balaban J connectivity index is 1.44. The van der Waals surface area contributed by atoms with Gasteiger partial charge >= 0.3 is 0 Å². The molecule has 8 heteroatoms. The molecule has 0 radical (unpaired) electrons. The van der Waals surface area contributed by atoms with Gasteiger partial charge in [0.25, 0.3) is 0 Å². The SMILES string of the molecule is COc1ccc(-c2nnc(CSc3nnc(C)n3Cc3ccccc3)o2)cc1. The molecule has 2 aromatic carbocycles. The average molecular weight is 393 g/mol. The molecule has 142 valence electrons. The van der Waals surface area contributed by atoms with Gasteiger partial charge in [0, 0.05) is 5.56 Å². The van der Waals surface area contributed by atoms with E-state index in [1.54, 1.807) is 7.11 Å². The molecule has 4 rings (SSSR count). The summed E-state index contributed by atoms with van der Waals surface area (Å²) in [7, 11) is 1.63. The van der Waals surface area contributed by atoms with E-state index in [4.69, 9.17) is 9.15 Å². The summed E-state index contributed by atoms with van der Waals surface area (Å²) in [6, 6.07) is 17.8. The van der Waals surface area contributed by atoms with Crippen LogP contribution in [0.2, 0.25) is 0 Å². The Hall–Kier alpha value is -3.13. The second kappa shape index (κ2) is 8.26. The predicted molar refractivity (Wildman–Crippen MR) is 106 cm³/mol. The summed E-state index contributed by atoms with van der Waals surface area (Å²) in [5.74, 6) is 3.21. The molecule has 0 fully saturated rings. The van der Waals surface area contributed by atoms with Gasteiger partial charge in [0.05, 0.1) is 19.4 Å². The van der Waals surface area contributed by atoms with Crippen LogP contribution in [-0.2, 0) is 12.3 Å². The van der Waals surface area contributed by atoms with Gasteiger partial charge in [-0.2, -0.15) is 0 Å². The molecular weight excluding hydrogens is 374 g/mol. The average Bonchev–Trinajstić information content (AvgIpc) is 3.35. The van der Waals surface area contributed by atoms with Gasteiger partial charge in [-0.3, -0.25) is 0 Å². The van der Waals surface area contributed by atoms with Crippen LogP contribution in [0.15, 0.2) is 64.2 Å². The van der Waals surface area contributed by atoms with Gasteiger partial charge < -0.3 is 13.7 Å². The summed E-state index contributed by atoms with van der Waals surface area (Å²) in [5.41, 5.74) is 2.06. The number of hydrogen-bond donors (Lipinski definition) is 0. The number of thioether (sulfide) groups is 1. The van der Waals surface area contributed by atoms with Crippen LogP contribution in [0.3, 0.4) is 0 Å². The van der Waals surface area contributed by atoms with Crippen molar-refractivity contribution in [1.29, 1.82) is 0 Å². The quantitative estimate of drug-likeness (QED) is 0.439. The van der Waals surface area contributed by atoms with E-state index < -0.39 is 0 Å². The second-order valence-electron chi connectivity index (χ2n) is 6.12. The van der Waals surface area contributed by atoms with E-state index >= 15 is 0 Å². The molecule has 0 aliphatic heterocycles. The van der Waals surface area contributed by atoms with Crippen molar-refractivity contribution >= 4 is 11.8 Å². The number of hydrogen-bond acceptors (Lipinski definition) is 7. The summed E-state index contributed by atoms with van der Waals surface area (Å²) in [6.07, 6.45) is 0. The van der Waals surface area contributed by atoms with E-state index in [0.717, 1.165) is 28.8 Å². The highest BCUT2D eigenvalue weighted by Crippen LogP contribution is 2.25. The summed E-state index contributed by atoms with van der Waals surface area (Å²) in [6.45, 7) is 2.68. The third-order valence-electron chi connectivity index (χ3n) is 4.21. The number of methoxy groups -OCH3 is 1. The van der Waals surface area contributed by atoms with Crippen molar-refractivity contribution in [3.63, 3.8) is 0 Å². The molecule has 0 N–H and O–H groups in total. The van der Waals surface area contributed by atoms with Gasteiger partial charge in [-0.05, 0) is 36.8 Å². The minimum absolute atomic E-state index is 0.486. The molecule has 0 unspecified atom stereocenters. The van der Waals surface area contributed by atoms with Crippen molar-refractivity contribution < 1.29 is 9.15 Å². The molecule has 4 aromatic rings. The number of aryl methyl sites for hydroxylation is 1. The van der Waals surface area contributed by atoms with Crippen LogP contribution in [0.1, 0.15) is 17.3 Å². The molecule has 7 nitrogen and oxygen atoms in total. The lowest BCUT2D eigenvalue weighted by atomic mass is 10.2. The first-order chi connectivity index (χ1) is 13.7. The van der Waals surface area contributed by atoms with Gasteiger partial charge in [-0.15, -0.1) is 20.4 Å². The van der Waals surface area contributed by atoms with Crippen molar-refractivity contribution in [2.75, 3.05) is 7.11 Å². The minimum atomic E-state index is 0.486. The highest BCUT2D eigenvalue weighted by Gasteiger charge is 2.14. The first kappa shape index (κ1) is 18.2. The standard InChI is InChI=1S/C20H19N5O2S/c1-14-21-24-20(25(14)12-15-6-4-3-5-7-15)28-13-18-22-23-19(27-18)16-8-10-17(26-2)11-9-16/h3-11H,12-13H2,1-2H3. The van der Waals surface area contributed by atoms with E-state index in [9.17, 15) is 0 Å². The third-order valence-corrected chi connectivity index (χ3v) is 5.17. The van der Waals surface area contributed by atoms with E-state index in [2.05, 4.69) is 37.1 Å². The van der Waals surface area contributed by atoms with Gasteiger partial charge in [0.15, 0.2) is 5.16 Å². The van der Waals surface area contributed by atoms with Crippen LogP contribution in [0.5, 0.6) is 5.75 Å². The molecule has 0 aliphatic rings. The maximum Gasteiger partial charge on any atom is 0.247 e. The van der Waals surface area contributed by atoms with E-state index in [0.29, 0.717) is 17.5 Å². The Morgan fingerprint density at radius 3 is 2.50 bits per heavy atom. The van der Waals surface area contributed by atoms with E-state index in [1.807, 2.05) is 49.4 Å². The zero-order valence-corrected chi connectivity index (χ0v) is 16.4. The topological polar surface area (TPSA) is 78.9 Å². The van der Waals surface area contributed by atoms with Crippen LogP contribution >= 0.6 is 11.8 Å². The maximum atomic E-state index is 5.79. The zero-order chi connectivity index (χ0) is 19.3. The normalized spacial score (nSPS) is 10.9. The molecule has 2 aromatic heterocycles. The lowest BCUT2D eigenvalue weighted by Gasteiger charge is -2.07. The van der Waals surface area contributed by atoms with Gasteiger partial charge in [0.2, 0.25) is 11.8 Å². The van der Waals surface area contributed by atoms with Gasteiger partial charge in [0.1, 0.15) is 11.6 Å². The Bertz CT molecular complexity index is 1040. The van der Waals surface area contributed by atoms with E-state index in [-0.39, 0.29) is 0 Å². The van der Waals surface area contributed by atoms with Crippen LogP contribution in [0, 0.1) is 6.92 Å². The highest BCUT2D eigenvalue weighted by atomic mass is 32.2.